The standard InChI is InChI=1S/C16H23N3O3/c1-11(2)10-14(18-8-6-17-7-9-18)13-5-4-12(3)15(16(13)20)19(21)22/h4-5,14,17,20H,1,6-10H2,2-3H3/t14-/m1/s1. The average Bonchev–Trinajstić information content (AvgIpc) is 2.46. The summed E-state index contributed by atoms with van der Waals surface area (Å²) in [6, 6.07) is 3.42. The van der Waals surface area contributed by atoms with Gasteiger partial charge >= 0.3 is 5.69 Å². The highest BCUT2D eigenvalue weighted by molar-refractivity contribution is 5.57. The summed E-state index contributed by atoms with van der Waals surface area (Å²) in [6.07, 6.45) is 0.674. The average molecular weight is 305 g/mol. The van der Waals surface area contributed by atoms with Crippen molar-refractivity contribution in [3.05, 3.63) is 45.5 Å². The number of hydrogen-bond donors (Lipinski definition) is 2. The number of rotatable bonds is 5. The molecule has 1 aromatic rings. The Morgan fingerprint density at radius 1 is 1.50 bits per heavy atom. The zero-order chi connectivity index (χ0) is 16.3. The molecule has 0 spiro atoms. The summed E-state index contributed by atoms with van der Waals surface area (Å²) in [7, 11) is 0. The molecule has 1 heterocycles. The molecule has 1 saturated heterocycles. The normalized spacial score (nSPS) is 17.2. The maximum atomic E-state index is 11.2. The molecule has 6 nitrogen and oxygen atoms in total. The van der Waals surface area contributed by atoms with Crippen molar-refractivity contribution in [1.29, 1.82) is 0 Å². The molecule has 0 radical (unpaired) electrons. The van der Waals surface area contributed by atoms with E-state index < -0.39 is 4.92 Å². The number of piperazine rings is 1. The van der Waals surface area contributed by atoms with Crippen LogP contribution < -0.4 is 5.32 Å². The first-order valence-corrected chi connectivity index (χ1v) is 7.47. The van der Waals surface area contributed by atoms with Crippen LogP contribution in [0.1, 0.15) is 30.5 Å². The van der Waals surface area contributed by atoms with Crippen molar-refractivity contribution in [3.8, 4) is 5.75 Å². The number of nitro groups is 1. The Morgan fingerprint density at radius 2 is 2.14 bits per heavy atom. The summed E-state index contributed by atoms with van der Waals surface area (Å²) < 4.78 is 0. The zero-order valence-corrected chi connectivity index (χ0v) is 13.1. The quantitative estimate of drug-likeness (QED) is 0.496. The van der Waals surface area contributed by atoms with E-state index in [0.717, 1.165) is 31.8 Å². The maximum Gasteiger partial charge on any atom is 0.313 e. The van der Waals surface area contributed by atoms with Crippen molar-refractivity contribution in [3.63, 3.8) is 0 Å². The van der Waals surface area contributed by atoms with Crippen molar-refractivity contribution in [2.75, 3.05) is 26.2 Å². The van der Waals surface area contributed by atoms with Gasteiger partial charge in [0.2, 0.25) is 0 Å². The Bertz CT molecular complexity index is 580. The van der Waals surface area contributed by atoms with Crippen molar-refractivity contribution in [1.82, 2.24) is 10.2 Å². The highest BCUT2D eigenvalue weighted by Gasteiger charge is 2.29. The summed E-state index contributed by atoms with van der Waals surface area (Å²) in [4.78, 5) is 13.0. The molecule has 0 unspecified atom stereocenters. The molecular formula is C16H23N3O3. The maximum absolute atomic E-state index is 11.2. The largest absolute Gasteiger partial charge is 0.502 e. The van der Waals surface area contributed by atoms with E-state index >= 15 is 0 Å². The number of aryl methyl sites for hydroxylation is 1. The lowest BCUT2D eigenvalue weighted by atomic mass is 9.95. The summed E-state index contributed by atoms with van der Waals surface area (Å²) >= 11 is 0. The molecule has 0 saturated carbocycles. The van der Waals surface area contributed by atoms with Gasteiger partial charge in [-0.05, 0) is 20.3 Å². The van der Waals surface area contributed by atoms with E-state index in [-0.39, 0.29) is 17.5 Å². The Kier molecular flexibility index (Phi) is 5.15. The van der Waals surface area contributed by atoms with Crippen molar-refractivity contribution < 1.29 is 10.0 Å². The van der Waals surface area contributed by atoms with E-state index in [1.807, 2.05) is 6.92 Å². The fourth-order valence-electron chi connectivity index (χ4n) is 2.96. The van der Waals surface area contributed by atoms with Crippen LogP contribution in [0.3, 0.4) is 0 Å². The van der Waals surface area contributed by atoms with Crippen molar-refractivity contribution in [2.45, 2.75) is 26.3 Å². The molecule has 1 aliphatic heterocycles. The fourth-order valence-corrected chi connectivity index (χ4v) is 2.96. The number of nitrogens with one attached hydrogen (secondary N) is 1. The summed E-state index contributed by atoms with van der Waals surface area (Å²) in [5.41, 5.74) is 1.88. The van der Waals surface area contributed by atoms with Gasteiger partial charge in [0.15, 0.2) is 5.75 Å². The summed E-state index contributed by atoms with van der Waals surface area (Å²) in [6.45, 7) is 11.0. The number of nitro benzene ring substituents is 1. The Hall–Kier alpha value is -1.92. The van der Waals surface area contributed by atoms with Crippen LogP contribution in [0, 0.1) is 17.0 Å². The minimum absolute atomic E-state index is 0.0844. The highest BCUT2D eigenvalue weighted by atomic mass is 16.6. The van der Waals surface area contributed by atoms with Crippen LogP contribution in [0.2, 0.25) is 0 Å². The van der Waals surface area contributed by atoms with Gasteiger partial charge in [-0.25, -0.2) is 0 Å². The van der Waals surface area contributed by atoms with Crippen LogP contribution >= 0.6 is 0 Å². The third-order valence-corrected chi connectivity index (χ3v) is 4.06. The van der Waals surface area contributed by atoms with E-state index in [1.54, 1.807) is 19.1 Å². The van der Waals surface area contributed by atoms with Crippen LogP contribution in [0.15, 0.2) is 24.3 Å². The lowest BCUT2D eigenvalue weighted by Crippen LogP contribution is -2.45. The van der Waals surface area contributed by atoms with Crippen LogP contribution in [-0.4, -0.2) is 41.1 Å². The second-order valence-electron chi connectivity index (χ2n) is 5.89. The van der Waals surface area contributed by atoms with Gasteiger partial charge in [0.1, 0.15) is 0 Å². The molecule has 0 amide bonds. The van der Waals surface area contributed by atoms with Gasteiger partial charge in [-0.3, -0.25) is 15.0 Å². The van der Waals surface area contributed by atoms with Gasteiger partial charge in [-0.15, -0.1) is 6.58 Å². The number of nitrogens with zero attached hydrogens (tertiary/aromatic N) is 2. The molecule has 1 aliphatic rings. The molecule has 22 heavy (non-hydrogen) atoms. The second-order valence-corrected chi connectivity index (χ2v) is 5.89. The molecule has 1 aromatic carbocycles. The number of phenols is 1. The number of phenolic OH excluding ortho intramolecular Hbond substituents is 1. The second kappa shape index (κ2) is 6.89. The predicted octanol–water partition coefficient (Wildman–Crippen LogP) is 2.52. The number of aromatic hydroxyl groups is 1. The molecule has 0 aromatic heterocycles. The van der Waals surface area contributed by atoms with Crippen LogP contribution in [0.4, 0.5) is 5.69 Å². The van der Waals surface area contributed by atoms with Gasteiger partial charge in [-0.2, -0.15) is 0 Å². The zero-order valence-electron chi connectivity index (χ0n) is 13.1. The smallest absolute Gasteiger partial charge is 0.313 e. The Balaban J connectivity index is 2.44. The van der Waals surface area contributed by atoms with Crippen molar-refractivity contribution in [2.24, 2.45) is 0 Å². The summed E-state index contributed by atoms with van der Waals surface area (Å²) in [5.74, 6) is -0.213. The number of benzene rings is 1. The minimum Gasteiger partial charge on any atom is -0.502 e. The van der Waals surface area contributed by atoms with Gasteiger partial charge in [-0.1, -0.05) is 17.7 Å². The van der Waals surface area contributed by atoms with Gasteiger partial charge in [0.05, 0.1) is 4.92 Å². The van der Waals surface area contributed by atoms with E-state index in [4.69, 9.17) is 0 Å². The van der Waals surface area contributed by atoms with Gasteiger partial charge in [0, 0.05) is 43.3 Å². The molecule has 2 rings (SSSR count). The van der Waals surface area contributed by atoms with Crippen LogP contribution in [0.5, 0.6) is 5.75 Å². The Labute approximate surface area is 130 Å². The van der Waals surface area contributed by atoms with Gasteiger partial charge in [0.25, 0.3) is 0 Å². The first-order valence-electron chi connectivity index (χ1n) is 7.47. The first-order chi connectivity index (χ1) is 10.4. The predicted molar refractivity (Wildman–Crippen MR) is 86.1 cm³/mol. The molecule has 120 valence electrons. The molecule has 2 N–H and O–H groups in total. The van der Waals surface area contributed by atoms with E-state index in [2.05, 4.69) is 16.8 Å². The van der Waals surface area contributed by atoms with E-state index in [9.17, 15) is 15.2 Å². The molecule has 1 atom stereocenters. The third-order valence-electron chi connectivity index (χ3n) is 4.06. The first kappa shape index (κ1) is 16.5. The van der Waals surface area contributed by atoms with Crippen molar-refractivity contribution >= 4 is 5.69 Å². The topological polar surface area (TPSA) is 78.6 Å². The number of hydrogen-bond acceptors (Lipinski definition) is 5. The summed E-state index contributed by atoms with van der Waals surface area (Å²) in [5, 5.41) is 25.0. The molecule has 0 bridgehead atoms. The monoisotopic (exact) mass is 305 g/mol. The SMILES string of the molecule is C=C(C)C[C@H](c1ccc(C)c([N+](=O)[O-])c1O)N1CCNCC1. The molecule has 1 fully saturated rings. The molecule has 0 aliphatic carbocycles. The van der Waals surface area contributed by atoms with Gasteiger partial charge < -0.3 is 10.4 Å². The fraction of sp³-hybridized carbons (Fsp3) is 0.500. The van der Waals surface area contributed by atoms with Crippen LogP contribution in [-0.2, 0) is 0 Å². The van der Waals surface area contributed by atoms with E-state index in [0.29, 0.717) is 17.5 Å². The molecular weight excluding hydrogens is 282 g/mol. The lowest BCUT2D eigenvalue weighted by Gasteiger charge is -2.35. The molecule has 6 heteroatoms. The lowest BCUT2D eigenvalue weighted by molar-refractivity contribution is -0.386. The van der Waals surface area contributed by atoms with Crippen LogP contribution in [0.25, 0.3) is 0 Å². The third kappa shape index (κ3) is 3.45. The minimum atomic E-state index is -0.510. The highest BCUT2D eigenvalue weighted by Crippen LogP contribution is 2.40. The van der Waals surface area contributed by atoms with E-state index in [1.165, 1.54) is 0 Å². The Morgan fingerprint density at radius 3 is 2.68 bits per heavy atom.